The molecule has 25 heavy (non-hydrogen) atoms. The van der Waals surface area contributed by atoms with Crippen molar-refractivity contribution in [1.29, 1.82) is 0 Å². The van der Waals surface area contributed by atoms with Gasteiger partial charge in [0.2, 0.25) is 0 Å². The average Bonchev–Trinajstić information content (AvgIpc) is 2.92. The van der Waals surface area contributed by atoms with Crippen LogP contribution in [0.4, 0.5) is 5.69 Å². The molecule has 3 aromatic rings. The quantitative estimate of drug-likeness (QED) is 0.547. The summed E-state index contributed by atoms with van der Waals surface area (Å²) < 4.78 is 1.86. The third-order valence-electron chi connectivity index (χ3n) is 4.07. The second-order valence-electron chi connectivity index (χ2n) is 5.94. The van der Waals surface area contributed by atoms with Crippen LogP contribution < -0.4 is 0 Å². The minimum absolute atomic E-state index is 0.0331. The number of aromatic nitrogens is 2. The van der Waals surface area contributed by atoms with Gasteiger partial charge >= 0.3 is 5.97 Å². The summed E-state index contributed by atoms with van der Waals surface area (Å²) in [7, 11) is 0. The number of imidazole rings is 1. The zero-order chi connectivity index (χ0) is 18.0. The summed E-state index contributed by atoms with van der Waals surface area (Å²) in [5, 5.41) is 20.1. The molecule has 2 aromatic carbocycles. The number of benzene rings is 2. The van der Waals surface area contributed by atoms with Gasteiger partial charge in [0.05, 0.1) is 22.4 Å². The number of nitro benzene ring substituents is 1. The fourth-order valence-corrected chi connectivity index (χ4v) is 2.99. The molecule has 0 aliphatic rings. The highest BCUT2D eigenvalue weighted by Gasteiger charge is 2.20. The summed E-state index contributed by atoms with van der Waals surface area (Å²) in [4.78, 5) is 26.2. The van der Waals surface area contributed by atoms with Crippen molar-refractivity contribution in [1.82, 2.24) is 9.55 Å². The molecule has 0 saturated carbocycles. The van der Waals surface area contributed by atoms with Crippen molar-refractivity contribution in [3.05, 3.63) is 70.0 Å². The molecule has 0 fully saturated rings. The first kappa shape index (κ1) is 16.6. The molecule has 1 aromatic heterocycles. The maximum Gasteiger partial charge on any atom is 0.305 e. The van der Waals surface area contributed by atoms with Crippen molar-refractivity contribution in [2.75, 3.05) is 0 Å². The highest BCUT2D eigenvalue weighted by Crippen LogP contribution is 2.27. The number of nitrogens with zero attached hydrogens (tertiary/aromatic N) is 3. The molecule has 1 N–H and O–H groups in total. The van der Waals surface area contributed by atoms with Crippen LogP contribution in [0.25, 0.3) is 11.0 Å². The van der Waals surface area contributed by atoms with Gasteiger partial charge in [-0.1, -0.05) is 30.3 Å². The first-order valence-electron chi connectivity index (χ1n) is 7.86. The number of carbonyl (C=O) groups is 1. The molecule has 0 saturated heterocycles. The number of carboxylic acids is 1. The third-order valence-corrected chi connectivity index (χ3v) is 4.07. The number of non-ortho nitro benzene ring substituents is 1. The zero-order valence-corrected chi connectivity index (χ0v) is 13.6. The molecular weight excluding hydrogens is 322 g/mol. The number of carboxylic acid groups (broad SMARTS) is 1. The van der Waals surface area contributed by atoms with E-state index in [1.165, 1.54) is 12.1 Å². The van der Waals surface area contributed by atoms with Gasteiger partial charge in [0.25, 0.3) is 5.69 Å². The summed E-state index contributed by atoms with van der Waals surface area (Å²) in [5.74, 6) is -0.211. The summed E-state index contributed by atoms with van der Waals surface area (Å²) >= 11 is 0. The van der Waals surface area contributed by atoms with Gasteiger partial charge in [-0.2, -0.15) is 0 Å². The number of aliphatic carboxylic acids is 1. The smallest absolute Gasteiger partial charge is 0.305 e. The van der Waals surface area contributed by atoms with Crippen LogP contribution in [0.3, 0.4) is 0 Å². The molecule has 1 unspecified atom stereocenters. The fraction of sp³-hybridized carbons (Fsp3) is 0.222. The first-order chi connectivity index (χ1) is 12.0. The van der Waals surface area contributed by atoms with Crippen LogP contribution in [0.5, 0.6) is 0 Å². The summed E-state index contributed by atoms with van der Waals surface area (Å²) in [6.45, 7) is 1.81. The van der Waals surface area contributed by atoms with E-state index in [4.69, 9.17) is 5.11 Å². The molecule has 0 radical (unpaired) electrons. The minimum Gasteiger partial charge on any atom is -0.481 e. The fourth-order valence-electron chi connectivity index (χ4n) is 2.99. The molecular formula is C18H17N3O4. The average molecular weight is 339 g/mol. The van der Waals surface area contributed by atoms with Crippen molar-refractivity contribution in [2.24, 2.45) is 0 Å². The molecule has 3 rings (SSSR count). The van der Waals surface area contributed by atoms with Gasteiger partial charge in [0, 0.05) is 24.6 Å². The highest BCUT2D eigenvalue weighted by molar-refractivity contribution is 5.79. The molecule has 0 amide bonds. The Balaban J connectivity index is 2.11. The molecule has 7 nitrogen and oxygen atoms in total. The van der Waals surface area contributed by atoms with Crippen LogP contribution >= 0.6 is 0 Å². The van der Waals surface area contributed by atoms with E-state index in [1.807, 2.05) is 41.8 Å². The Kier molecular flexibility index (Phi) is 4.47. The maximum atomic E-state index is 11.1. The van der Waals surface area contributed by atoms with Crippen LogP contribution in [0.2, 0.25) is 0 Å². The third kappa shape index (κ3) is 3.50. The van der Waals surface area contributed by atoms with Crippen LogP contribution in [0.15, 0.2) is 48.5 Å². The van der Waals surface area contributed by atoms with Crippen molar-refractivity contribution in [2.45, 2.75) is 25.8 Å². The second-order valence-corrected chi connectivity index (χ2v) is 5.94. The minimum atomic E-state index is -0.901. The van der Waals surface area contributed by atoms with Crippen molar-refractivity contribution < 1.29 is 14.8 Å². The lowest BCUT2D eigenvalue weighted by molar-refractivity contribution is -0.384. The lowest BCUT2D eigenvalue weighted by Crippen LogP contribution is -2.13. The van der Waals surface area contributed by atoms with E-state index in [0.717, 1.165) is 5.56 Å². The van der Waals surface area contributed by atoms with Gasteiger partial charge in [0.1, 0.15) is 5.82 Å². The molecule has 0 bridgehead atoms. The van der Waals surface area contributed by atoms with E-state index in [-0.39, 0.29) is 18.2 Å². The normalized spacial score (nSPS) is 12.2. The second kappa shape index (κ2) is 6.72. The molecule has 128 valence electrons. The lowest BCUT2D eigenvalue weighted by Gasteiger charge is -2.16. The number of nitro groups is 1. The highest BCUT2D eigenvalue weighted by atomic mass is 16.6. The number of rotatable bonds is 6. The molecule has 1 atom stereocenters. The van der Waals surface area contributed by atoms with E-state index in [9.17, 15) is 14.9 Å². The van der Waals surface area contributed by atoms with E-state index in [2.05, 4.69) is 4.98 Å². The summed E-state index contributed by atoms with van der Waals surface area (Å²) in [6.07, 6.45) is 0.470. The van der Waals surface area contributed by atoms with Crippen LogP contribution in [0.1, 0.15) is 30.8 Å². The standard InChI is InChI=1S/C18H17N3O4/c1-12(9-18(22)23)20-16-8-7-14(21(24)25)11-15(16)19-17(20)10-13-5-3-2-4-6-13/h2-8,11-12H,9-10H2,1H3,(H,22,23). The van der Waals surface area contributed by atoms with Gasteiger partial charge in [-0.3, -0.25) is 14.9 Å². The van der Waals surface area contributed by atoms with Gasteiger partial charge in [-0.15, -0.1) is 0 Å². The van der Waals surface area contributed by atoms with Gasteiger partial charge < -0.3 is 9.67 Å². The number of hydrogen-bond acceptors (Lipinski definition) is 4. The van der Waals surface area contributed by atoms with E-state index in [1.54, 1.807) is 6.07 Å². The van der Waals surface area contributed by atoms with E-state index in [0.29, 0.717) is 23.3 Å². The molecule has 0 spiro atoms. The molecule has 7 heteroatoms. The van der Waals surface area contributed by atoms with Gasteiger partial charge in [0.15, 0.2) is 0 Å². The van der Waals surface area contributed by atoms with Crippen LogP contribution in [-0.4, -0.2) is 25.6 Å². The predicted octanol–water partition coefficient (Wildman–Crippen LogP) is 3.57. The summed E-state index contributed by atoms with van der Waals surface area (Å²) in [5.41, 5.74) is 2.20. The number of fused-ring (bicyclic) bond motifs is 1. The number of hydrogen-bond donors (Lipinski definition) is 1. The van der Waals surface area contributed by atoms with E-state index < -0.39 is 10.9 Å². The topological polar surface area (TPSA) is 98.3 Å². The monoisotopic (exact) mass is 339 g/mol. The van der Waals surface area contributed by atoms with Gasteiger partial charge in [-0.25, -0.2) is 4.98 Å². The van der Waals surface area contributed by atoms with Crippen LogP contribution in [-0.2, 0) is 11.2 Å². The lowest BCUT2D eigenvalue weighted by atomic mass is 10.1. The largest absolute Gasteiger partial charge is 0.481 e. The predicted molar refractivity (Wildman–Crippen MR) is 92.6 cm³/mol. The Bertz CT molecular complexity index is 934. The molecule has 0 aliphatic carbocycles. The van der Waals surface area contributed by atoms with E-state index >= 15 is 0 Å². The van der Waals surface area contributed by atoms with Crippen LogP contribution in [0, 0.1) is 10.1 Å². The van der Waals surface area contributed by atoms with Crippen molar-refractivity contribution in [3.63, 3.8) is 0 Å². The Morgan fingerprint density at radius 2 is 2.00 bits per heavy atom. The van der Waals surface area contributed by atoms with Crippen molar-refractivity contribution >= 4 is 22.7 Å². The zero-order valence-electron chi connectivity index (χ0n) is 13.6. The molecule has 0 aliphatic heterocycles. The first-order valence-corrected chi connectivity index (χ1v) is 7.86. The molecule has 1 heterocycles. The van der Waals surface area contributed by atoms with Gasteiger partial charge in [-0.05, 0) is 18.6 Å². The Morgan fingerprint density at radius 1 is 1.28 bits per heavy atom. The maximum absolute atomic E-state index is 11.1. The van der Waals surface area contributed by atoms with Crippen molar-refractivity contribution in [3.8, 4) is 0 Å². The summed E-state index contributed by atoms with van der Waals surface area (Å²) in [6, 6.07) is 13.9. The Hall–Kier alpha value is -3.22. The SMILES string of the molecule is CC(CC(=O)O)n1c(Cc2ccccc2)nc2cc([N+](=O)[O-])ccc21. The Morgan fingerprint density at radius 3 is 2.64 bits per heavy atom. The Labute approximate surface area is 143 Å².